The molecule has 1 aromatic carbocycles. The fraction of sp³-hybridized carbons (Fsp3) is 0.400. The summed E-state index contributed by atoms with van der Waals surface area (Å²) in [5.41, 5.74) is 1.61. The fourth-order valence-electron chi connectivity index (χ4n) is 2.90. The van der Waals surface area contributed by atoms with Crippen molar-refractivity contribution in [1.29, 1.82) is 0 Å². The van der Waals surface area contributed by atoms with Gasteiger partial charge >= 0.3 is 0 Å². The summed E-state index contributed by atoms with van der Waals surface area (Å²) in [5, 5.41) is 2.93. The molecule has 1 saturated heterocycles. The first-order valence-corrected chi connectivity index (χ1v) is 9.05. The van der Waals surface area contributed by atoms with Crippen LogP contribution in [0.2, 0.25) is 0 Å². The van der Waals surface area contributed by atoms with Gasteiger partial charge in [-0.3, -0.25) is 4.79 Å². The number of benzene rings is 1. The van der Waals surface area contributed by atoms with Crippen molar-refractivity contribution in [2.75, 3.05) is 44.7 Å². The van der Waals surface area contributed by atoms with Gasteiger partial charge in [-0.2, -0.15) is 0 Å². The van der Waals surface area contributed by atoms with Crippen molar-refractivity contribution in [2.24, 2.45) is 0 Å². The predicted octanol–water partition coefficient (Wildman–Crippen LogP) is 2.16. The van der Waals surface area contributed by atoms with E-state index in [1.165, 1.54) is 0 Å². The Morgan fingerprint density at radius 3 is 2.46 bits per heavy atom. The lowest BCUT2D eigenvalue weighted by Gasteiger charge is -2.33. The molecule has 1 aliphatic rings. The highest BCUT2D eigenvalue weighted by atomic mass is 16.5. The molecule has 1 aliphatic heterocycles. The molecule has 0 radical (unpaired) electrons. The maximum Gasteiger partial charge on any atom is 0.251 e. The van der Waals surface area contributed by atoms with E-state index in [-0.39, 0.29) is 5.91 Å². The Hall–Kier alpha value is -2.60. The number of hydrogen-bond acceptors (Lipinski definition) is 5. The second-order valence-corrected chi connectivity index (χ2v) is 6.46. The monoisotopic (exact) mass is 354 g/mol. The number of pyridine rings is 1. The molecular formula is C20H26N4O2. The minimum Gasteiger partial charge on any atom is -0.494 e. The van der Waals surface area contributed by atoms with Crippen molar-refractivity contribution in [1.82, 2.24) is 15.2 Å². The third-order valence-corrected chi connectivity index (χ3v) is 4.52. The van der Waals surface area contributed by atoms with Crippen molar-refractivity contribution in [3.05, 3.63) is 53.7 Å². The number of likely N-dealkylation sites (N-methyl/N-ethyl adjacent to an activating group) is 1. The van der Waals surface area contributed by atoms with E-state index < -0.39 is 0 Å². The molecule has 0 saturated carbocycles. The number of nitrogens with one attached hydrogen (secondary N) is 1. The SMILES string of the molecule is CCOc1ccc(C(=O)NCc2ccc(N3CCN(C)CC3)nc2)cc1. The van der Waals surface area contributed by atoms with E-state index in [2.05, 4.69) is 27.1 Å². The molecule has 1 N–H and O–H groups in total. The Kier molecular flexibility index (Phi) is 6.07. The molecule has 6 heteroatoms. The van der Waals surface area contributed by atoms with Gasteiger partial charge in [-0.05, 0) is 49.9 Å². The third kappa shape index (κ3) is 4.73. The van der Waals surface area contributed by atoms with Crippen molar-refractivity contribution in [3.8, 4) is 5.75 Å². The van der Waals surface area contributed by atoms with E-state index in [9.17, 15) is 4.79 Å². The van der Waals surface area contributed by atoms with Crippen LogP contribution in [-0.2, 0) is 6.54 Å². The molecule has 6 nitrogen and oxygen atoms in total. The van der Waals surface area contributed by atoms with Gasteiger partial charge in [0.25, 0.3) is 5.91 Å². The molecule has 0 unspecified atom stereocenters. The zero-order chi connectivity index (χ0) is 18.4. The van der Waals surface area contributed by atoms with Crippen LogP contribution in [0, 0.1) is 0 Å². The normalized spacial score (nSPS) is 14.9. The van der Waals surface area contributed by atoms with Crippen molar-refractivity contribution >= 4 is 11.7 Å². The lowest BCUT2D eigenvalue weighted by atomic mass is 10.2. The Bertz CT molecular complexity index is 708. The second kappa shape index (κ2) is 8.67. The van der Waals surface area contributed by atoms with E-state index in [0.717, 1.165) is 43.3 Å². The van der Waals surface area contributed by atoms with Crippen LogP contribution >= 0.6 is 0 Å². The first-order chi connectivity index (χ1) is 12.7. The molecule has 0 aliphatic carbocycles. The van der Waals surface area contributed by atoms with Crippen LogP contribution in [0.15, 0.2) is 42.6 Å². The number of amides is 1. The van der Waals surface area contributed by atoms with Gasteiger partial charge in [0.15, 0.2) is 0 Å². The summed E-state index contributed by atoms with van der Waals surface area (Å²) in [6, 6.07) is 11.2. The van der Waals surface area contributed by atoms with Crippen LogP contribution in [0.4, 0.5) is 5.82 Å². The molecular weight excluding hydrogens is 328 g/mol. The fourth-order valence-corrected chi connectivity index (χ4v) is 2.90. The molecule has 1 fully saturated rings. The third-order valence-electron chi connectivity index (χ3n) is 4.52. The maximum atomic E-state index is 12.2. The molecule has 26 heavy (non-hydrogen) atoms. The number of ether oxygens (including phenoxy) is 1. The molecule has 0 atom stereocenters. The topological polar surface area (TPSA) is 57.7 Å². The van der Waals surface area contributed by atoms with E-state index in [4.69, 9.17) is 4.74 Å². The predicted molar refractivity (Wildman–Crippen MR) is 103 cm³/mol. The van der Waals surface area contributed by atoms with Crippen LogP contribution in [0.25, 0.3) is 0 Å². The summed E-state index contributed by atoms with van der Waals surface area (Å²) < 4.78 is 5.39. The maximum absolute atomic E-state index is 12.2. The lowest BCUT2D eigenvalue weighted by molar-refractivity contribution is 0.0951. The van der Waals surface area contributed by atoms with Crippen molar-refractivity contribution in [3.63, 3.8) is 0 Å². The van der Waals surface area contributed by atoms with Gasteiger partial charge in [-0.15, -0.1) is 0 Å². The number of aromatic nitrogens is 1. The highest BCUT2D eigenvalue weighted by Gasteiger charge is 2.15. The molecule has 0 bridgehead atoms. The van der Waals surface area contributed by atoms with Crippen LogP contribution in [-0.4, -0.2) is 55.6 Å². The van der Waals surface area contributed by atoms with Crippen LogP contribution in [0.5, 0.6) is 5.75 Å². The zero-order valence-electron chi connectivity index (χ0n) is 15.4. The van der Waals surface area contributed by atoms with Crippen LogP contribution < -0.4 is 15.0 Å². The quantitative estimate of drug-likeness (QED) is 0.862. The van der Waals surface area contributed by atoms with Crippen LogP contribution in [0.3, 0.4) is 0 Å². The average Bonchev–Trinajstić information content (AvgIpc) is 2.68. The summed E-state index contributed by atoms with van der Waals surface area (Å²) in [5.74, 6) is 1.67. The highest BCUT2D eigenvalue weighted by molar-refractivity contribution is 5.94. The Morgan fingerprint density at radius 1 is 1.12 bits per heavy atom. The number of carbonyl (C=O) groups is 1. The number of rotatable bonds is 6. The van der Waals surface area contributed by atoms with E-state index in [1.54, 1.807) is 12.1 Å². The van der Waals surface area contributed by atoms with Gasteiger partial charge in [-0.25, -0.2) is 4.98 Å². The number of carbonyl (C=O) groups excluding carboxylic acids is 1. The number of piperazine rings is 1. The summed E-state index contributed by atoms with van der Waals surface area (Å²) in [6.45, 7) is 7.12. The summed E-state index contributed by atoms with van der Waals surface area (Å²) >= 11 is 0. The van der Waals surface area contributed by atoms with Gasteiger partial charge in [0.2, 0.25) is 0 Å². The average molecular weight is 354 g/mol. The summed E-state index contributed by atoms with van der Waals surface area (Å²) in [7, 11) is 2.14. The molecule has 2 heterocycles. The molecule has 138 valence electrons. The highest BCUT2D eigenvalue weighted by Crippen LogP contribution is 2.14. The minimum absolute atomic E-state index is 0.101. The van der Waals surface area contributed by atoms with Crippen LogP contribution in [0.1, 0.15) is 22.8 Å². The minimum atomic E-state index is -0.101. The molecule has 1 aromatic heterocycles. The van der Waals surface area contributed by atoms with Gasteiger partial charge in [0.1, 0.15) is 11.6 Å². The van der Waals surface area contributed by atoms with Gasteiger partial charge in [-0.1, -0.05) is 6.07 Å². The lowest BCUT2D eigenvalue weighted by Crippen LogP contribution is -2.44. The Labute approximate surface area is 154 Å². The largest absolute Gasteiger partial charge is 0.494 e. The first-order valence-electron chi connectivity index (χ1n) is 9.05. The number of nitrogens with zero attached hydrogens (tertiary/aromatic N) is 3. The number of anilines is 1. The standard InChI is InChI=1S/C20H26N4O2/c1-3-26-18-7-5-17(6-8-18)20(25)22-15-16-4-9-19(21-14-16)24-12-10-23(2)11-13-24/h4-9,14H,3,10-13,15H2,1-2H3,(H,22,25). The van der Waals surface area contributed by atoms with Gasteiger partial charge < -0.3 is 19.9 Å². The second-order valence-electron chi connectivity index (χ2n) is 6.46. The Balaban J connectivity index is 1.52. The van der Waals surface area contributed by atoms with E-state index >= 15 is 0 Å². The summed E-state index contributed by atoms with van der Waals surface area (Å²) in [6.07, 6.45) is 1.84. The van der Waals surface area contributed by atoms with E-state index in [1.807, 2.05) is 37.4 Å². The van der Waals surface area contributed by atoms with Gasteiger partial charge in [0, 0.05) is 44.5 Å². The zero-order valence-corrected chi connectivity index (χ0v) is 15.4. The Morgan fingerprint density at radius 2 is 1.85 bits per heavy atom. The van der Waals surface area contributed by atoms with E-state index in [0.29, 0.717) is 18.7 Å². The molecule has 0 spiro atoms. The molecule has 1 amide bonds. The van der Waals surface area contributed by atoms with Crippen molar-refractivity contribution < 1.29 is 9.53 Å². The van der Waals surface area contributed by atoms with Crippen molar-refractivity contribution in [2.45, 2.75) is 13.5 Å². The first kappa shape index (κ1) is 18.2. The smallest absolute Gasteiger partial charge is 0.251 e. The number of hydrogen-bond donors (Lipinski definition) is 1. The molecule has 3 rings (SSSR count). The summed E-state index contributed by atoms with van der Waals surface area (Å²) in [4.78, 5) is 21.4. The van der Waals surface area contributed by atoms with Gasteiger partial charge in [0.05, 0.1) is 6.61 Å². The molecule has 2 aromatic rings.